The molecule has 150 valence electrons. The first-order chi connectivity index (χ1) is 14.0. The zero-order valence-corrected chi connectivity index (χ0v) is 16.9. The van der Waals surface area contributed by atoms with Crippen molar-refractivity contribution >= 4 is 34.2 Å². The molecule has 1 aliphatic carbocycles. The Balaban J connectivity index is 1.45. The van der Waals surface area contributed by atoms with E-state index in [1.807, 2.05) is 41.8 Å². The molecule has 0 radical (unpaired) electrons. The minimum Gasteiger partial charge on any atom is -0.497 e. The molecule has 3 amide bonds. The van der Waals surface area contributed by atoms with Gasteiger partial charge in [-0.15, -0.1) is 11.3 Å². The number of allylic oxidation sites excluding steroid dienone is 2. The maximum Gasteiger partial charge on any atom is 0.249 e. The Labute approximate surface area is 172 Å². The van der Waals surface area contributed by atoms with Crippen LogP contribution in [0.25, 0.3) is 11.3 Å². The number of thiazole rings is 1. The molecule has 3 atom stereocenters. The molecular formula is C21H21N3O4S. The Bertz CT molecular complexity index is 956. The summed E-state index contributed by atoms with van der Waals surface area (Å²) < 4.78 is 5.15. The van der Waals surface area contributed by atoms with Crippen LogP contribution in [0.3, 0.4) is 0 Å². The van der Waals surface area contributed by atoms with E-state index < -0.39 is 11.9 Å². The topological polar surface area (TPSA) is 88.6 Å². The van der Waals surface area contributed by atoms with Gasteiger partial charge in [-0.1, -0.05) is 12.2 Å². The van der Waals surface area contributed by atoms with Gasteiger partial charge in [0.05, 0.1) is 24.6 Å². The number of rotatable bonds is 5. The van der Waals surface area contributed by atoms with Crippen molar-refractivity contribution in [2.24, 2.45) is 11.8 Å². The molecular weight excluding hydrogens is 390 g/mol. The van der Waals surface area contributed by atoms with Crippen LogP contribution in [0.5, 0.6) is 5.75 Å². The van der Waals surface area contributed by atoms with E-state index >= 15 is 0 Å². The predicted molar refractivity (Wildman–Crippen MR) is 109 cm³/mol. The monoisotopic (exact) mass is 411 g/mol. The Morgan fingerprint density at radius 3 is 2.38 bits per heavy atom. The lowest BCUT2D eigenvalue weighted by Crippen LogP contribution is -2.46. The highest BCUT2D eigenvalue weighted by molar-refractivity contribution is 7.14. The Kier molecular flexibility index (Phi) is 5.19. The summed E-state index contributed by atoms with van der Waals surface area (Å²) in [5.41, 5.74) is 1.63. The van der Waals surface area contributed by atoms with Gasteiger partial charge in [0, 0.05) is 10.9 Å². The van der Waals surface area contributed by atoms with Crippen LogP contribution >= 0.6 is 11.3 Å². The lowest BCUT2D eigenvalue weighted by molar-refractivity contribution is -0.146. The molecule has 1 N–H and O–H groups in total. The van der Waals surface area contributed by atoms with Gasteiger partial charge in [0.25, 0.3) is 0 Å². The van der Waals surface area contributed by atoms with E-state index in [0.717, 1.165) is 21.9 Å². The van der Waals surface area contributed by atoms with E-state index in [1.165, 1.54) is 11.3 Å². The van der Waals surface area contributed by atoms with E-state index in [4.69, 9.17) is 4.74 Å². The first kappa shape index (κ1) is 19.3. The number of ether oxygens (including phenoxy) is 1. The molecule has 29 heavy (non-hydrogen) atoms. The smallest absolute Gasteiger partial charge is 0.249 e. The fraction of sp³-hybridized carbons (Fsp3) is 0.333. The Morgan fingerprint density at radius 1 is 1.17 bits per heavy atom. The van der Waals surface area contributed by atoms with Gasteiger partial charge in [0.2, 0.25) is 17.7 Å². The average Bonchev–Trinajstić information content (AvgIpc) is 3.31. The second-order valence-corrected chi connectivity index (χ2v) is 7.99. The maximum absolute atomic E-state index is 12.7. The molecule has 1 aliphatic heterocycles. The summed E-state index contributed by atoms with van der Waals surface area (Å²) in [4.78, 5) is 43.6. The molecule has 1 aromatic carbocycles. The van der Waals surface area contributed by atoms with E-state index in [0.29, 0.717) is 18.0 Å². The van der Waals surface area contributed by atoms with Gasteiger partial charge in [-0.3, -0.25) is 19.3 Å². The van der Waals surface area contributed by atoms with Crippen molar-refractivity contribution in [3.05, 3.63) is 41.8 Å². The lowest BCUT2D eigenvalue weighted by Gasteiger charge is -2.21. The third-order valence-electron chi connectivity index (χ3n) is 5.43. The number of anilines is 1. The van der Waals surface area contributed by atoms with Gasteiger partial charge in [0.15, 0.2) is 5.13 Å². The van der Waals surface area contributed by atoms with Crippen LogP contribution in [0.15, 0.2) is 41.8 Å². The highest BCUT2D eigenvalue weighted by atomic mass is 32.1. The maximum atomic E-state index is 12.7. The molecule has 1 aromatic heterocycles. The minimum absolute atomic E-state index is 0.259. The number of hydrogen-bond acceptors (Lipinski definition) is 6. The molecule has 4 rings (SSSR count). The SMILES string of the molecule is COc1ccc(-c2csc(NC(=O)[C@@H](C)N3C(=O)[C@H]4CC=CC[C@H]4C3=O)n2)cc1. The van der Waals surface area contributed by atoms with Crippen LogP contribution in [0, 0.1) is 11.8 Å². The van der Waals surface area contributed by atoms with Gasteiger partial charge in [-0.25, -0.2) is 4.98 Å². The van der Waals surface area contributed by atoms with E-state index in [1.54, 1.807) is 14.0 Å². The number of carbonyl (C=O) groups is 3. The van der Waals surface area contributed by atoms with Gasteiger partial charge in [0.1, 0.15) is 11.8 Å². The van der Waals surface area contributed by atoms with Crippen LogP contribution < -0.4 is 10.1 Å². The number of amides is 3. The van der Waals surface area contributed by atoms with Crippen molar-refractivity contribution in [1.29, 1.82) is 0 Å². The molecule has 0 bridgehead atoms. The molecule has 1 fully saturated rings. The largest absolute Gasteiger partial charge is 0.497 e. The van der Waals surface area contributed by atoms with Crippen molar-refractivity contribution < 1.29 is 19.1 Å². The number of imide groups is 1. The molecule has 2 aromatic rings. The number of methoxy groups -OCH3 is 1. The predicted octanol–water partition coefficient (Wildman–Crippen LogP) is 3.10. The number of nitrogens with one attached hydrogen (secondary N) is 1. The van der Waals surface area contributed by atoms with E-state index in [-0.39, 0.29) is 23.7 Å². The van der Waals surface area contributed by atoms with Crippen LogP contribution in [-0.4, -0.2) is 40.8 Å². The molecule has 0 saturated carbocycles. The fourth-order valence-electron chi connectivity index (χ4n) is 3.76. The van der Waals surface area contributed by atoms with Gasteiger partial charge in [-0.2, -0.15) is 0 Å². The molecule has 8 heteroatoms. The van der Waals surface area contributed by atoms with Crippen LogP contribution in [0.1, 0.15) is 19.8 Å². The second kappa shape index (κ2) is 7.79. The van der Waals surface area contributed by atoms with Crippen molar-refractivity contribution in [3.63, 3.8) is 0 Å². The summed E-state index contributed by atoms with van der Waals surface area (Å²) in [6.45, 7) is 1.58. The number of likely N-dealkylation sites (tertiary alicyclic amines) is 1. The first-order valence-corrected chi connectivity index (χ1v) is 10.3. The zero-order valence-electron chi connectivity index (χ0n) is 16.1. The summed E-state index contributed by atoms with van der Waals surface area (Å²) in [5, 5.41) is 5.00. The third-order valence-corrected chi connectivity index (χ3v) is 6.19. The van der Waals surface area contributed by atoms with Crippen molar-refractivity contribution in [1.82, 2.24) is 9.88 Å². The number of hydrogen-bond donors (Lipinski definition) is 1. The summed E-state index contributed by atoms with van der Waals surface area (Å²) in [6, 6.07) is 6.58. The minimum atomic E-state index is -0.881. The number of aromatic nitrogens is 1. The van der Waals surface area contributed by atoms with Gasteiger partial charge in [-0.05, 0) is 44.0 Å². The van der Waals surface area contributed by atoms with Gasteiger partial charge >= 0.3 is 0 Å². The highest BCUT2D eigenvalue weighted by Gasteiger charge is 2.50. The van der Waals surface area contributed by atoms with Crippen LogP contribution in [0.4, 0.5) is 5.13 Å². The van der Waals surface area contributed by atoms with Crippen molar-refractivity contribution in [3.8, 4) is 17.0 Å². The van der Waals surface area contributed by atoms with Crippen molar-refractivity contribution in [2.45, 2.75) is 25.8 Å². The summed E-state index contributed by atoms with van der Waals surface area (Å²) >= 11 is 1.29. The summed E-state index contributed by atoms with van der Waals surface area (Å²) in [5.74, 6) is -0.875. The van der Waals surface area contributed by atoms with E-state index in [9.17, 15) is 14.4 Å². The molecule has 0 spiro atoms. The average molecular weight is 411 g/mol. The van der Waals surface area contributed by atoms with Crippen LogP contribution in [-0.2, 0) is 14.4 Å². The summed E-state index contributed by atoms with van der Waals surface area (Å²) in [7, 11) is 1.61. The molecule has 2 aliphatic rings. The number of benzene rings is 1. The standard InChI is InChI=1S/C21H21N3O4S/c1-12(24-19(26)15-5-3-4-6-16(15)20(24)27)18(25)23-21-22-17(11-29-21)13-7-9-14(28-2)10-8-13/h3-4,7-12,15-16H,5-6H2,1-2H3,(H,22,23,25)/t12-,15-,16+/m1/s1. The third kappa shape index (κ3) is 3.55. The van der Waals surface area contributed by atoms with Gasteiger partial charge < -0.3 is 10.1 Å². The summed E-state index contributed by atoms with van der Waals surface area (Å²) in [6.07, 6.45) is 4.96. The molecule has 1 saturated heterocycles. The zero-order chi connectivity index (χ0) is 20.5. The Hall–Kier alpha value is -3.00. The fourth-order valence-corrected chi connectivity index (χ4v) is 4.48. The number of fused-ring (bicyclic) bond motifs is 1. The molecule has 7 nitrogen and oxygen atoms in total. The van der Waals surface area contributed by atoms with Crippen LogP contribution in [0.2, 0.25) is 0 Å². The van der Waals surface area contributed by atoms with E-state index in [2.05, 4.69) is 10.3 Å². The number of nitrogens with zero attached hydrogens (tertiary/aromatic N) is 2. The molecule has 0 unspecified atom stereocenters. The quantitative estimate of drug-likeness (QED) is 0.603. The van der Waals surface area contributed by atoms with Crippen molar-refractivity contribution in [2.75, 3.05) is 12.4 Å². The number of carbonyl (C=O) groups excluding carboxylic acids is 3. The molecule has 2 heterocycles. The lowest BCUT2D eigenvalue weighted by atomic mass is 9.85. The first-order valence-electron chi connectivity index (χ1n) is 9.42. The normalized spacial score (nSPS) is 21.8. The highest BCUT2D eigenvalue weighted by Crippen LogP contribution is 2.36. The second-order valence-electron chi connectivity index (χ2n) is 7.13. The Morgan fingerprint density at radius 2 is 1.79 bits per heavy atom.